The molecule has 0 spiro atoms. The van der Waals surface area contributed by atoms with E-state index in [1.165, 1.54) is 31.0 Å². The van der Waals surface area contributed by atoms with Gasteiger partial charge in [0.05, 0.1) is 18.1 Å². The van der Waals surface area contributed by atoms with E-state index in [0.29, 0.717) is 28.6 Å². The first-order valence-electron chi connectivity index (χ1n) is 6.68. The molecule has 1 N–H and O–H groups in total. The van der Waals surface area contributed by atoms with Crippen molar-refractivity contribution in [2.24, 2.45) is 0 Å². The summed E-state index contributed by atoms with van der Waals surface area (Å²) in [7, 11) is 1.53. The Morgan fingerprint density at radius 1 is 1.50 bits per heavy atom. The fourth-order valence-corrected chi connectivity index (χ4v) is 2.66. The maximum atomic E-state index is 13.3. The number of ether oxygens (including phenoxy) is 1. The van der Waals surface area contributed by atoms with E-state index in [4.69, 9.17) is 9.26 Å². The summed E-state index contributed by atoms with van der Waals surface area (Å²) in [6, 6.07) is 5.98. The average Bonchev–Trinajstić information content (AvgIpc) is 2.90. The molecule has 2 rings (SSSR count). The van der Waals surface area contributed by atoms with Gasteiger partial charge in [-0.1, -0.05) is 5.16 Å². The maximum absolute atomic E-state index is 13.3. The Morgan fingerprint density at radius 3 is 2.91 bits per heavy atom. The van der Waals surface area contributed by atoms with Gasteiger partial charge >= 0.3 is 0 Å². The molecule has 1 aromatic heterocycles. The highest BCUT2D eigenvalue weighted by atomic mass is 32.2. The Bertz CT molecular complexity index is 660. The Balaban J connectivity index is 1.93. The van der Waals surface area contributed by atoms with E-state index in [0.717, 1.165) is 0 Å². The summed E-state index contributed by atoms with van der Waals surface area (Å²) >= 11 is 1.38. The Morgan fingerprint density at radius 2 is 2.27 bits per heavy atom. The molecule has 0 fully saturated rings. The number of hydrogen-bond donors (Lipinski definition) is 1. The fourth-order valence-electron chi connectivity index (χ4n) is 1.80. The molecule has 0 aliphatic carbocycles. The van der Waals surface area contributed by atoms with Crippen LogP contribution in [0.3, 0.4) is 0 Å². The number of halogens is 1. The van der Waals surface area contributed by atoms with E-state index in [2.05, 4.69) is 10.5 Å². The summed E-state index contributed by atoms with van der Waals surface area (Å²) in [5, 5.41) is 6.01. The zero-order valence-electron chi connectivity index (χ0n) is 12.6. The van der Waals surface area contributed by atoms with Crippen LogP contribution in [0.4, 0.5) is 10.3 Å². The number of nitrogens with one attached hydrogen (secondary N) is 1. The van der Waals surface area contributed by atoms with Crippen LogP contribution in [0.5, 0.6) is 5.75 Å². The third-order valence-electron chi connectivity index (χ3n) is 2.97. The second-order valence-corrected chi connectivity index (χ2v) is 6.06. The van der Waals surface area contributed by atoms with Crippen LogP contribution < -0.4 is 10.1 Å². The number of benzene rings is 1. The molecule has 1 aromatic carbocycles. The lowest BCUT2D eigenvalue weighted by molar-refractivity contribution is -0.115. The standard InChI is InChI=1S/C15H17FN2O3S/c1-9-6-14(21-18-9)17-15(19)10(2)22-8-11-7-12(16)4-5-13(11)20-3/h4-7,10H,8H2,1-3H3,(H,17,19). The lowest BCUT2D eigenvalue weighted by atomic mass is 10.2. The van der Waals surface area contributed by atoms with Crippen molar-refractivity contribution in [1.29, 1.82) is 0 Å². The van der Waals surface area contributed by atoms with Gasteiger partial charge in [0.2, 0.25) is 11.8 Å². The second kappa shape index (κ2) is 7.31. The molecule has 0 saturated heterocycles. The van der Waals surface area contributed by atoms with E-state index >= 15 is 0 Å². The van der Waals surface area contributed by atoms with Gasteiger partial charge in [-0.25, -0.2) is 4.39 Å². The molecular weight excluding hydrogens is 307 g/mol. The molecule has 1 unspecified atom stereocenters. The molecule has 0 saturated carbocycles. The van der Waals surface area contributed by atoms with E-state index < -0.39 is 0 Å². The quantitative estimate of drug-likeness (QED) is 0.882. The van der Waals surface area contributed by atoms with Crippen molar-refractivity contribution in [2.45, 2.75) is 24.9 Å². The summed E-state index contributed by atoms with van der Waals surface area (Å²) < 4.78 is 23.4. The molecule has 1 amide bonds. The first-order valence-corrected chi connectivity index (χ1v) is 7.72. The molecule has 0 aliphatic heterocycles. The van der Waals surface area contributed by atoms with Crippen LogP contribution in [0, 0.1) is 12.7 Å². The number of methoxy groups -OCH3 is 1. The number of carbonyl (C=O) groups excluding carboxylic acids is 1. The van der Waals surface area contributed by atoms with Gasteiger partial charge in [-0.05, 0) is 32.0 Å². The van der Waals surface area contributed by atoms with E-state index in [1.807, 2.05) is 0 Å². The third kappa shape index (κ3) is 4.24. The van der Waals surface area contributed by atoms with Gasteiger partial charge in [0.15, 0.2) is 0 Å². The zero-order valence-corrected chi connectivity index (χ0v) is 13.4. The summed E-state index contributed by atoms with van der Waals surface area (Å²) in [4.78, 5) is 12.0. The monoisotopic (exact) mass is 324 g/mol. The molecule has 1 heterocycles. The highest BCUT2D eigenvalue weighted by molar-refractivity contribution is 7.99. The number of amides is 1. The predicted molar refractivity (Wildman–Crippen MR) is 83.6 cm³/mol. The molecule has 5 nitrogen and oxygen atoms in total. The largest absolute Gasteiger partial charge is 0.496 e. The van der Waals surface area contributed by atoms with Crippen molar-refractivity contribution < 1.29 is 18.4 Å². The van der Waals surface area contributed by atoms with E-state index in [9.17, 15) is 9.18 Å². The van der Waals surface area contributed by atoms with Crippen LogP contribution in [0.1, 0.15) is 18.2 Å². The summed E-state index contributed by atoms with van der Waals surface area (Å²) in [5.41, 5.74) is 1.41. The van der Waals surface area contributed by atoms with Crippen LogP contribution >= 0.6 is 11.8 Å². The number of aromatic nitrogens is 1. The molecule has 7 heteroatoms. The molecular formula is C15H17FN2O3S. The molecule has 0 bridgehead atoms. The Hall–Kier alpha value is -2.02. The van der Waals surface area contributed by atoms with Crippen LogP contribution in [-0.2, 0) is 10.5 Å². The number of nitrogens with zero attached hydrogens (tertiary/aromatic N) is 1. The number of carbonyl (C=O) groups is 1. The van der Waals surface area contributed by atoms with Gasteiger partial charge < -0.3 is 9.26 Å². The number of rotatable bonds is 6. The van der Waals surface area contributed by atoms with E-state index in [1.54, 1.807) is 26.0 Å². The second-order valence-electron chi connectivity index (χ2n) is 4.73. The van der Waals surface area contributed by atoms with Crippen LogP contribution in [0.15, 0.2) is 28.8 Å². The zero-order chi connectivity index (χ0) is 16.1. The van der Waals surface area contributed by atoms with Crippen molar-refractivity contribution in [3.63, 3.8) is 0 Å². The highest BCUT2D eigenvalue weighted by Gasteiger charge is 2.16. The molecule has 1 atom stereocenters. The van der Waals surface area contributed by atoms with Crippen LogP contribution in [-0.4, -0.2) is 23.4 Å². The molecule has 0 aliphatic rings. The SMILES string of the molecule is COc1ccc(F)cc1CSC(C)C(=O)Nc1cc(C)no1. The molecule has 0 radical (unpaired) electrons. The van der Waals surface area contributed by atoms with Gasteiger partial charge in [0.1, 0.15) is 11.6 Å². The molecule has 118 valence electrons. The fraction of sp³-hybridized carbons (Fsp3) is 0.333. The summed E-state index contributed by atoms with van der Waals surface area (Å²) in [6.07, 6.45) is 0. The molecule has 2 aromatic rings. The minimum absolute atomic E-state index is 0.198. The van der Waals surface area contributed by atoms with Crippen molar-refractivity contribution in [2.75, 3.05) is 12.4 Å². The smallest absolute Gasteiger partial charge is 0.239 e. The van der Waals surface area contributed by atoms with Gasteiger partial charge in [0.25, 0.3) is 0 Å². The van der Waals surface area contributed by atoms with E-state index in [-0.39, 0.29) is 17.0 Å². The summed E-state index contributed by atoms with van der Waals surface area (Å²) in [6.45, 7) is 3.54. The molecule has 22 heavy (non-hydrogen) atoms. The Kier molecular flexibility index (Phi) is 5.43. The number of anilines is 1. The maximum Gasteiger partial charge on any atom is 0.239 e. The third-order valence-corrected chi connectivity index (χ3v) is 4.17. The van der Waals surface area contributed by atoms with Crippen molar-refractivity contribution in [1.82, 2.24) is 5.16 Å². The topological polar surface area (TPSA) is 64.4 Å². The van der Waals surface area contributed by atoms with Crippen molar-refractivity contribution in [3.05, 3.63) is 41.3 Å². The summed E-state index contributed by atoms with van der Waals surface area (Å²) in [5.74, 6) is 0.859. The minimum Gasteiger partial charge on any atom is -0.496 e. The predicted octanol–water partition coefficient (Wildman–Crippen LogP) is 3.39. The number of hydrogen-bond acceptors (Lipinski definition) is 5. The minimum atomic E-state index is -0.335. The van der Waals surface area contributed by atoms with Crippen molar-refractivity contribution >= 4 is 23.6 Å². The van der Waals surface area contributed by atoms with Crippen LogP contribution in [0.2, 0.25) is 0 Å². The lowest BCUT2D eigenvalue weighted by Crippen LogP contribution is -2.22. The lowest BCUT2D eigenvalue weighted by Gasteiger charge is -2.12. The van der Waals surface area contributed by atoms with Crippen molar-refractivity contribution in [3.8, 4) is 5.75 Å². The van der Waals surface area contributed by atoms with Crippen LogP contribution in [0.25, 0.3) is 0 Å². The highest BCUT2D eigenvalue weighted by Crippen LogP contribution is 2.26. The van der Waals surface area contributed by atoms with Gasteiger partial charge in [-0.3, -0.25) is 10.1 Å². The number of thioether (sulfide) groups is 1. The normalized spacial score (nSPS) is 12.0. The van der Waals surface area contributed by atoms with Gasteiger partial charge in [-0.15, -0.1) is 11.8 Å². The number of aryl methyl sites for hydroxylation is 1. The van der Waals surface area contributed by atoms with Gasteiger partial charge in [0, 0.05) is 17.4 Å². The average molecular weight is 324 g/mol. The first-order chi connectivity index (χ1) is 10.5. The van der Waals surface area contributed by atoms with Gasteiger partial charge in [-0.2, -0.15) is 0 Å². The Labute approximate surface area is 132 Å². The first kappa shape index (κ1) is 16.4.